The highest BCUT2D eigenvalue weighted by Gasteiger charge is 2.26. The Morgan fingerprint density at radius 3 is 3.00 bits per heavy atom. The van der Waals surface area contributed by atoms with E-state index in [1.54, 1.807) is 10.9 Å². The molecule has 7 heteroatoms. The molecule has 1 N–H and O–H groups in total. The van der Waals surface area contributed by atoms with Crippen molar-refractivity contribution in [2.75, 3.05) is 19.6 Å². The first kappa shape index (κ1) is 15.7. The molecule has 0 aliphatic carbocycles. The van der Waals surface area contributed by atoms with Crippen LogP contribution in [0.3, 0.4) is 0 Å². The summed E-state index contributed by atoms with van der Waals surface area (Å²) >= 11 is 0. The zero-order valence-corrected chi connectivity index (χ0v) is 14.3. The molecule has 1 aliphatic rings. The second-order valence-electron chi connectivity index (χ2n) is 6.39. The maximum absolute atomic E-state index is 12.8. The van der Waals surface area contributed by atoms with E-state index in [0.717, 1.165) is 28.8 Å². The molecule has 25 heavy (non-hydrogen) atoms. The first-order valence-electron chi connectivity index (χ1n) is 8.44. The summed E-state index contributed by atoms with van der Waals surface area (Å²) in [4.78, 5) is 19.1. The van der Waals surface area contributed by atoms with Gasteiger partial charge in [0.15, 0.2) is 5.69 Å². The number of hydrogen-bond acceptors (Lipinski definition) is 5. The normalized spacial score (nSPS) is 17.8. The van der Waals surface area contributed by atoms with E-state index in [-0.39, 0.29) is 11.9 Å². The lowest BCUT2D eigenvalue weighted by molar-refractivity contribution is 0.0702. The summed E-state index contributed by atoms with van der Waals surface area (Å²) in [5.74, 6) is -0.0598. The largest absolute Gasteiger partial charge is 0.334 e. The van der Waals surface area contributed by atoms with Crippen molar-refractivity contribution < 1.29 is 4.79 Å². The van der Waals surface area contributed by atoms with Crippen LogP contribution >= 0.6 is 0 Å². The molecule has 3 aromatic rings. The topological polar surface area (TPSA) is 75.9 Å². The van der Waals surface area contributed by atoms with Crippen molar-refractivity contribution in [2.45, 2.75) is 19.9 Å². The van der Waals surface area contributed by atoms with Gasteiger partial charge in [-0.25, -0.2) is 4.68 Å². The van der Waals surface area contributed by atoms with Crippen LogP contribution in [0.15, 0.2) is 36.5 Å². The van der Waals surface area contributed by atoms with Gasteiger partial charge < -0.3 is 10.2 Å². The van der Waals surface area contributed by atoms with Crippen molar-refractivity contribution in [1.82, 2.24) is 30.2 Å². The Morgan fingerprint density at radius 1 is 1.28 bits per heavy atom. The minimum absolute atomic E-state index is 0.0598. The number of carbonyl (C=O) groups is 1. The number of pyridine rings is 1. The Hall–Kier alpha value is -2.80. The van der Waals surface area contributed by atoms with Gasteiger partial charge in [0.2, 0.25) is 0 Å². The highest BCUT2D eigenvalue weighted by Crippen LogP contribution is 2.22. The summed E-state index contributed by atoms with van der Waals surface area (Å²) in [7, 11) is 0. The number of benzene rings is 1. The zero-order valence-electron chi connectivity index (χ0n) is 14.3. The molecule has 0 bridgehead atoms. The van der Waals surface area contributed by atoms with Crippen LogP contribution in [0.4, 0.5) is 0 Å². The molecule has 2 aromatic heterocycles. The number of carbonyl (C=O) groups excluding carboxylic acids is 1. The lowest BCUT2D eigenvalue weighted by Gasteiger charge is -2.31. The van der Waals surface area contributed by atoms with Gasteiger partial charge in [-0.15, -0.1) is 5.10 Å². The van der Waals surface area contributed by atoms with Gasteiger partial charge in [-0.1, -0.05) is 11.3 Å². The fraction of sp³-hybridized carbons (Fsp3) is 0.333. The van der Waals surface area contributed by atoms with Crippen LogP contribution in [0.1, 0.15) is 23.1 Å². The number of nitrogens with one attached hydrogen (secondary N) is 1. The second kappa shape index (κ2) is 6.25. The lowest BCUT2D eigenvalue weighted by atomic mass is 10.1. The predicted octanol–water partition coefficient (Wildman–Crippen LogP) is 1.56. The van der Waals surface area contributed by atoms with E-state index in [4.69, 9.17) is 0 Å². The molecule has 1 aliphatic heterocycles. The van der Waals surface area contributed by atoms with Crippen molar-refractivity contribution in [3.05, 3.63) is 47.9 Å². The van der Waals surface area contributed by atoms with Crippen molar-refractivity contribution >= 4 is 16.8 Å². The van der Waals surface area contributed by atoms with Crippen LogP contribution in [0, 0.1) is 6.92 Å². The maximum Gasteiger partial charge on any atom is 0.276 e. The van der Waals surface area contributed by atoms with Crippen LogP contribution in [-0.4, -0.2) is 56.5 Å². The summed E-state index contributed by atoms with van der Waals surface area (Å²) in [6.45, 7) is 6.13. The van der Waals surface area contributed by atoms with Gasteiger partial charge in [0.1, 0.15) is 0 Å². The van der Waals surface area contributed by atoms with E-state index in [2.05, 4.69) is 27.5 Å². The third-order valence-electron chi connectivity index (χ3n) is 4.60. The summed E-state index contributed by atoms with van der Waals surface area (Å²) in [5, 5.41) is 12.7. The molecule has 3 heterocycles. The van der Waals surface area contributed by atoms with Crippen molar-refractivity contribution in [2.24, 2.45) is 0 Å². The molecule has 1 aromatic carbocycles. The molecular weight excluding hydrogens is 316 g/mol. The Balaban J connectivity index is 1.72. The van der Waals surface area contributed by atoms with Gasteiger partial charge in [0.25, 0.3) is 5.91 Å². The third kappa shape index (κ3) is 2.76. The number of hydrogen-bond donors (Lipinski definition) is 1. The van der Waals surface area contributed by atoms with Crippen LogP contribution in [0.5, 0.6) is 0 Å². The number of fused-ring (bicyclic) bond motifs is 1. The Morgan fingerprint density at radius 2 is 2.16 bits per heavy atom. The predicted molar refractivity (Wildman–Crippen MR) is 94.8 cm³/mol. The van der Waals surface area contributed by atoms with Crippen LogP contribution in [0.25, 0.3) is 16.6 Å². The molecule has 1 fully saturated rings. The Kier molecular flexibility index (Phi) is 3.93. The van der Waals surface area contributed by atoms with Crippen LogP contribution < -0.4 is 5.32 Å². The van der Waals surface area contributed by atoms with E-state index in [9.17, 15) is 4.79 Å². The maximum atomic E-state index is 12.8. The monoisotopic (exact) mass is 336 g/mol. The molecule has 0 saturated carbocycles. The number of nitrogens with zero attached hydrogens (tertiary/aromatic N) is 5. The van der Waals surface area contributed by atoms with Crippen LogP contribution in [-0.2, 0) is 0 Å². The summed E-state index contributed by atoms with van der Waals surface area (Å²) in [6.07, 6.45) is 1.76. The van der Waals surface area contributed by atoms with E-state index in [0.29, 0.717) is 18.8 Å². The number of aromatic nitrogens is 4. The zero-order chi connectivity index (χ0) is 17.4. The van der Waals surface area contributed by atoms with Gasteiger partial charge in [-0.2, -0.15) is 0 Å². The van der Waals surface area contributed by atoms with E-state index in [1.807, 2.05) is 42.2 Å². The Labute approximate surface area is 145 Å². The Bertz CT molecular complexity index is 929. The van der Waals surface area contributed by atoms with Gasteiger partial charge >= 0.3 is 0 Å². The molecule has 7 nitrogen and oxygen atoms in total. The number of rotatable bonds is 2. The fourth-order valence-electron chi connectivity index (χ4n) is 3.29. The van der Waals surface area contributed by atoms with Crippen molar-refractivity contribution in [3.63, 3.8) is 0 Å². The highest BCUT2D eigenvalue weighted by molar-refractivity contribution is 5.94. The summed E-state index contributed by atoms with van der Waals surface area (Å²) < 4.78 is 1.73. The van der Waals surface area contributed by atoms with Crippen molar-refractivity contribution in [1.29, 1.82) is 0 Å². The second-order valence-corrected chi connectivity index (χ2v) is 6.39. The molecule has 1 amide bonds. The van der Waals surface area contributed by atoms with Gasteiger partial charge in [0, 0.05) is 37.3 Å². The average Bonchev–Trinajstić information content (AvgIpc) is 3.02. The van der Waals surface area contributed by atoms with E-state index < -0.39 is 0 Å². The molecule has 1 atom stereocenters. The number of piperazine rings is 1. The standard InChI is InChI=1S/C18H20N6O/c1-12-11-23(10-9-19-12)18(25)17-13(2)24(22-21-17)16-7-3-6-15-14(16)5-4-8-20-15/h3-8,12,19H,9-11H2,1-2H3. The van der Waals surface area contributed by atoms with Crippen molar-refractivity contribution in [3.8, 4) is 5.69 Å². The third-order valence-corrected chi connectivity index (χ3v) is 4.60. The molecule has 1 unspecified atom stereocenters. The molecular formula is C18H20N6O. The SMILES string of the molecule is Cc1c(C(=O)N2CCNC(C)C2)nnn1-c1cccc2ncccc12. The molecule has 0 spiro atoms. The van der Waals surface area contributed by atoms with Gasteiger partial charge in [0.05, 0.1) is 16.9 Å². The first-order valence-corrected chi connectivity index (χ1v) is 8.44. The smallest absolute Gasteiger partial charge is 0.276 e. The van der Waals surface area contributed by atoms with E-state index >= 15 is 0 Å². The lowest BCUT2D eigenvalue weighted by Crippen LogP contribution is -2.51. The first-order chi connectivity index (χ1) is 12.1. The fourth-order valence-corrected chi connectivity index (χ4v) is 3.29. The number of amides is 1. The molecule has 4 rings (SSSR count). The highest BCUT2D eigenvalue weighted by atomic mass is 16.2. The quantitative estimate of drug-likeness (QED) is 0.768. The average molecular weight is 336 g/mol. The minimum atomic E-state index is -0.0598. The molecule has 1 saturated heterocycles. The van der Waals surface area contributed by atoms with Gasteiger partial charge in [-0.3, -0.25) is 9.78 Å². The van der Waals surface area contributed by atoms with Gasteiger partial charge in [-0.05, 0) is 38.1 Å². The minimum Gasteiger partial charge on any atom is -0.334 e. The molecule has 0 radical (unpaired) electrons. The molecule has 128 valence electrons. The van der Waals surface area contributed by atoms with E-state index in [1.165, 1.54) is 0 Å². The van der Waals surface area contributed by atoms with Crippen LogP contribution in [0.2, 0.25) is 0 Å². The summed E-state index contributed by atoms with van der Waals surface area (Å²) in [5.41, 5.74) is 2.92. The summed E-state index contributed by atoms with van der Waals surface area (Å²) in [6, 6.07) is 10.0.